The number of fused-ring (bicyclic) bond motifs is 7. The van der Waals surface area contributed by atoms with E-state index < -0.39 is 0 Å². The quantitative estimate of drug-likeness (QED) is 0.163. The van der Waals surface area contributed by atoms with Crippen LogP contribution in [-0.2, 0) is 0 Å². The van der Waals surface area contributed by atoms with E-state index in [1.165, 1.54) is 36.5 Å². The van der Waals surface area contributed by atoms with E-state index >= 15 is 0 Å². The summed E-state index contributed by atoms with van der Waals surface area (Å²) in [6.45, 7) is 0. The molecule has 264 valence electrons. The fourth-order valence-electron chi connectivity index (χ4n) is 8.32. The molecule has 0 amide bonds. The minimum absolute atomic E-state index is 0.876. The molecule has 11 rings (SSSR count). The summed E-state index contributed by atoms with van der Waals surface area (Å²) in [6, 6.07) is 73.9. The van der Waals surface area contributed by atoms with Gasteiger partial charge in [-0.2, -0.15) is 0 Å². The molecule has 3 nitrogen and oxygen atoms in total. The summed E-state index contributed by atoms with van der Waals surface area (Å²) in [7, 11) is 0. The summed E-state index contributed by atoms with van der Waals surface area (Å²) in [6.07, 6.45) is 0. The second kappa shape index (κ2) is 13.3. The zero-order valence-corrected chi connectivity index (χ0v) is 31.2. The highest BCUT2D eigenvalue weighted by molar-refractivity contribution is 7.25. The lowest BCUT2D eigenvalue weighted by molar-refractivity contribution is 0.669. The standard InChI is InChI=1S/C52H34N2OS/c1-3-14-36(15-4-1)53(47-22-13-24-49-52(47)44-21-9-11-23-48(44)55-49)38-28-26-35(27-29-38)40-31-32-46(42-19-8-7-18-41(40)42)54(37-16-5-2-6-17-37)39-30-33-51-45(34-39)43-20-10-12-25-50(43)56-51/h1-34H. The maximum absolute atomic E-state index is 6.32. The van der Waals surface area contributed by atoms with Gasteiger partial charge in [-0.25, -0.2) is 0 Å². The number of anilines is 6. The van der Waals surface area contributed by atoms with Gasteiger partial charge in [0.25, 0.3) is 0 Å². The minimum Gasteiger partial charge on any atom is -0.456 e. The molecule has 0 N–H and O–H groups in total. The predicted molar refractivity (Wildman–Crippen MR) is 239 cm³/mol. The number of benzene rings is 9. The van der Waals surface area contributed by atoms with Crippen LogP contribution in [0, 0.1) is 0 Å². The molecule has 0 unspecified atom stereocenters. The topological polar surface area (TPSA) is 19.6 Å². The van der Waals surface area contributed by atoms with Crippen LogP contribution in [0.15, 0.2) is 211 Å². The van der Waals surface area contributed by atoms with Crippen LogP contribution in [0.25, 0.3) is 64.0 Å². The Morgan fingerprint density at radius 3 is 1.68 bits per heavy atom. The first-order valence-corrected chi connectivity index (χ1v) is 19.7. The third-order valence-electron chi connectivity index (χ3n) is 10.8. The number of hydrogen-bond donors (Lipinski definition) is 0. The first-order chi connectivity index (χ1) is 27.8. The van der Waals surface area contributed by atoms with Gasteiger partial charge >= 0.3 is 0 Å². The van der Waals surface area contributed by atoms with E-state index in [1.54, 1.807) is 0 Å². The molecule has 4 heteroatoms. The summed E-state index contributed by atoms with van der Waals surface area (Å²) in [4.78, 5) is 4.74. The highest BCUT2D eigenvalue weighted by Gasteiger charge is 2.21. The average molecular weight is 735 g/mol. The van der Waals surface area contributed by atoms with Gasteiger partial charge in [-0.15, -0.1) is 11.3 Å². The molecule has 0 fully saturated rings. The van der Waals surface area contributed by atoms with Crippen molar-refractivity contribution in [3.63, 3.8) is 0 Å². The van der Waals surface area contributed by atoms with Gasteiger partial charge in [0.15, 0.2) is 0 Å². The number of rotatable bonds is 7. The van der Waals surface area contributed by atoms with Crippen LogP contribution < -0.4 is 9.80 Å². The van der Waals surface area contributed by atoms with Crippen LogP contribution in [0.1, 0.15) is 0 Å². The number of para-hydroxylation sites is 3. The Hall–Kier alpha value is -7.14. The van der Waals surface area contributed by atoms with Crippen molar-refractivity contribution in [2.24, 2.45) is 0 Å². The van der Waals surface area contributed by atoms with E-state index in [1.807, 2.05) is 23.5 Å². The predicted octanol–water partition coefficient (Wildman–Crippen LogP) is 15.7. The average Bonchev–Trinajstić information content (AvgIpc) is 3.84. The van der Waals surface area contributed by atoms with Crippen LogP contribution in [-0.4, -0.2) is 0 Å². The Balaban J connectivity index is 1.04. The minimum atomic E-state index is 0.876. The van der Waals surface area contributed by atoms with Gasteiger partial charge in [-0.05, 0) is 101 Å². The van der Waals surface area contributed by atoms with Gasteiger partial charge in [-0.3, -0.25) is 0 Å². The molecule has 0 aliphatic carbocycles. The van der Waals surface area contributed by atoms with E-state index in [-0.39, 0.29) is 0 Å². The molecule has 2 heterocycles. The number of hydrogen-bond acceptors (Lipinski definition) is 4. The molecule has 2 aromatic heterocycles. The fraction of sp³-hybridized carbons (Fsp3) is 0. The summed E-state index contributed by atoms with van der Waals surface area (Å²) in [5.41, 5.74) is 10.8. The van der Waals surface area contributed by atoms with Crippen molar-refractivity contribution in [2.45, 2.75) is 0 Å². The molecule has 0 atom stereocenters. The Morgan fingerprint density at radius 1 is 0.339 bits per heavy atom. The molecular formula is C52H34N2OS. The zero-order chi connectivity index (χ0) is 37.0. The maximum Gasteiger partial charge on any atom is 0.137 e. The van der Waals surface area contributed by atoms with Crippen molar-refractivity contribution in [2.75, 3.05) is 9.80 Å². The van der Waals surface area contributed by atoms with Crippen LogP contribution in [0.5, 0.6) is 0 Å². The molecule has 56 heavy (non-hydrogen) atoms. The summed E-state index contributed by atoms with van der Waals surface area (Å²) < 4.78 is 8.93. The molecule has 0 aliphatic rings. The first-order valence-electron chi connectivity index (χ1n) is 18.9. The Bertz CT molecular complexity index is 3200. The number of nitrogens with zero attached hydrogens (tertiary/aromatic N) is 2. The highest BCUT2D eigenvalue weighted by Crippen LogP contribution is 2.46. The summed E-state index contributed by atoms with van der Waals surface area (Å²) >= 11 is 1.85. The van der Waals surface area contributed by atoms with E-state index in [9.17, 15) is 0 Å². The van der Waals surface area contributed by atoms with Gasteiger partial charge in [0.1, 0.15) is 11.2 Å². The van der Waals surface area contributed by atoms with E-state index in [4.69, 9.17) is 4.42 Å². The zero-order valence-electron chi connectivity index (χ0n) is 30.3. The number of thiophene rings is 1. The smallest absolute Gasteiger partial charge is 0.137 e. The Kier molecular flexibility index (Phi) is 7.68. The SMILES string of the molecule is c1ccc(N(c2ccc3sc4ccccc4c3c2)c2ccc(-c3ccc(N(c4ccccc4)c4cccc5oc6ccccc6c45)cc3)c3ccccc23)cc1. The lowest BCUT2D eigenvalue weighted by Crippen LogP contribution is -2.10. The van der Waals surface area contributed by atoms with E-state index in [0.717, 1.165) is 61.6 Å². The molecule has 11 aromatic rings. The lowest BCUT2D eigenvalue weighted by Gasteiger charge is -2.28. The van der Waals surface area contributed by atoms with Gasteiger partial charge < -0.3 is 14.2 Å². The second-order valence-electron chi connectivity index (χ2n) is 14.1. The molecule has 0 spiro atoms. The molecule has 0 bridgehead atoms. The number of furan rings is 1. The van der Waals surface area contributed by atoms with Crippen molar-refractivity contribution in [1.82, 2.24) is 0 Å². The van der Waals surface area contributed by atoms with E-state index in [0.29, 0.717) is 0 Å². The molecular weight excluding hydrogens is 701 g/mol. The van der Waals surface area contributed by atoms with Crippen molar-refractivity contribution in [3.05, 3.63) is 206 Å². The van der Waals surface area contributed by atoms with Crippen molar-refractivity contribution < 1.29 is 4.42 Å². The van der Waals surface area contributed by atoms with Crippen LogP contribution >= 0.6 is 11.3 Å². The van der Waals surface area contributed by atoms with Crippen molar-refractivity contribution in [1.29, 1.82) is 0 Å². The van der Waals surface area contributed by atoms with Gasteiger partial charge in [0.2, 0.25) is 0 Å². The Morgan fingerprint density at radius 2 is 0.911 bits per heavy atom. The monoisotopic (exact) mass is 734 g/mol. The molecule has 0 saturated heterocycles. The second-order valence-corrected chi connectivity index (χ2v) is 15.2. The largest absolute Gasteiger partial charge is 0.456 e. The summed E-state index contributed by atoms with van der Waals surface area (Å²) in [5, 5.41) is 7.19. The third kappa shape index (κ3) is 5.34. The van der Waals surface area contributed by atoms with Crippen LogP contribution in [0.2, 0.25) is 0 Å². The van der Waals surface area contributed by atoms with Crippen LogP contribution in [0.4, 0.5) is 34.1 Å². The van der Waals surface area contributed by atoms with Gasteiger partial charge in [0, 0.05) is 53.7 Å². The van der Waals surface area contributed by atoms with Crippen molar-refractivity contribution >= 4 is 98.3 Å². The van der Waals surface area contributed by atoms with Gasteiger partial charge in [0.05, 0.1) is 16.8 Å². The molecule has 0 radical (unpaired) electrons. The molecule has 0 saturated carbocycles. The first kappa shape index (κ1) is 32.3. The fourth-order valence-corrected chi connectivity index (χ4v) is 9.41. The molecule has 0 aliphatic heterocycles. The highest BCUT2D eigenvalue weighted by atomic mass is 32.1. The lowest BCUT2D eigenvalue weighted by atomic mass is 9.96. The molecule has 9 aromatic carbocycles. The van der Waals surface area contributed by atoms with Gasteiger partial charge in [-0.1, -0.05) is 121 Å². The summed E-state index contributed by atoms with van der Waals surface area (Å²) in [5.74, 6) is 0. The maximum atomic E-state index is 6.32. The third-order valence-corrected chi connectivity index (χ3v) is 12.0. The Labute approximate surface area is 328 Å². The van der Waals surface area contributed by atoms with Crippen molar-refractivity contribution in [3.8, 4) is 11.1 Å². The van der Waals surface area contributed by atoms with E-state index in [2.05, 4.69) is 204 Å². The van der Waals surface area contributed by atoms with Crippen LogP contribution in [0.3, 0.4) is 0 Å². The normalized spacial score (nSPS) is 11.6.